The molecule has 2 aromatic carbocycles. The summed E-state index contributed by atoms with van der Waals surface area (Å²) in [5, 5.41) is 8.07. The van der Waals surface area contributed by atoms with E-state index in [-0.39, 0.29) is 18.4 Å². The molecular formula is C22H27N3O5. The Labute approximate surface area is 175 Å². The van der Waals surface area contributed by atoms with Gasteiger partial charge in [0.2, 0.25) is 0 Å². The Bertz CT molecular complexity index is 911. The lowest BCUT2D eigenvalue weighted by Gasteiger charge is -2.14. The maximum absolute atomic E-state index is 12.7. The first-order valence-electron chi connectivity index (χ1n) is 9.55. The van der Waals surface area contributed by atoms with Gasteiger partial charge in [-0.3, -0.25) is 14.4 Å². The molecule has 0 aliphatic heterocycles. The van der Waals surface area contributed by atoms with Crippen LogP contribution in [0.4, 0.5) is 5.69 Å². The van der Waals surface area contributed by atoms with Gasteiger partial charge in [0, 0.05) is 19.2 Å². The first kappa shape index (κ1) is 22.7. The lowest BCUT2D eigenvalue weighted by atomic mass is 10.1. The van der Waals surface area contributed by atoms with Crippen molar-refractivity contribution in [3.8, 4) is 11.5 Å². The molecule has 0 bridgehead atoms. The Balaban J connectivity index is 2.16. The van der Waals surface area contributed by atoms with E-state index in [9.17, 15) is 14.4 Å². The van der Waals surface area contributed by atoms with Gasteiger partial charge in [-0.05, 0) is 36.2 Å². The minimum absolute atomic E-state index is 0.169. The van der Waals surface area contributed by atoms with Gasteiger partial charge in [-0.25, -0.2) is 0 Å². The molecule has 0 spiro atoms. The van der Waals surface area contributed by atoms with Crippen LogP contribution in [0.15, 0.2) is 42.5 Å². The number of hydrogen-bond donors (Lipinski definition) is 3. The van der Waals surface area contributed by atoms with E-state index in [2.05, 4.69) is 16.0 Å². The average Bonchev–Trinajstić information content (AvgIpc) is 2.75. The van der Waals surface area contributed by atoms with Crippen molar-refractivity contribution < 1.29 is 23.9 Å². The van der Waals surface area contributed by atoms with E-state index in [1.165, 1.54) is 20.2 Å². The largest absolute Gasteiger partial charge is 0.493 e. The number of amides is 3. The van der Waals surface area contributed by atoms with Gasteiger partial charge in [-0.1, -0.05) is 26.0 Å². The first-order chi connectivity index (χ1) is 14.3. The molecule has 3 N–H and O–H groups in total. The summed E-state index contributed by atoms with van der Waals surface area (Å²) >= 11 is 0. The van der Waals surface area contributed by atoms with Crippen molar-refractivity contribution in [1.29, 1.82) is 0 Å². The maximum atomic E-state index is 12.7. The highest BCUT2D eigenvalue weighted by molar-refractivity contribution is 6.09. The minimum Gasteiger partial charge on any atom is -0.493 e. The standard InChI is InChI=1S/C22H27N3O5/c1-14(2)12-24-22(28)16-7-5-6-8-17(16)25-21(27)15-9-10-18(19(11-15)29-4)30-13-20(26)23-3/h5-11,14H,12-13H2,1-4H3,(H,23,26)(H,24,28)(H,25,27). The minimum atomic E-state index is -0.407. The number of benzene rings is 2. The van der Waals surface area contributed by atoms with Gasteiger partial charge < -0.3 is 25.4 Å². The summed E-state index contributed by atoms with van der Waals surface area (Å²) in [6.45, 7) is 4.37. The Kier molecular flexibility index (Phi) is 8.22. The number of carbonyl (C=O) groups excluding carboxylic acids is 3. The zero-order valence-electron chi connectivity index (χ0n) is 17.6. The van der Waals surface area contributed by atoms with E-state index < -0.39 is 5.91 Å². The van der Waals surface area contributed by atoms with Crippen molar-refractivity contribution in [1.82, 2.24) is 10.6 Å². The van der Waals surface area contributed by atoms with Crippen LogP contribution in [0, 0.1) is 5.92 Å². The van der Waals surface area contributed by atoms with Crippen LogP contribution in [0.5, 0.6) is 11.5 Å². The first-order valence-corrected chi connectivity index (χ1v) is 9.55. The molecule has 8 heteroatoms. The predicted octanol–water partition coefficient (Wildman–Crippen LogP) is 2.46. The van der Waals surface area contributed by atoms with E-state index in [0.717, 1.165) is 0 Å². The second-order valence-corrected chi connectivity index (χ2v) is 6.93. The number of ether oxygens (including phenoxy) is 2. The summed E-state index contributed by atoms with van der Waals surface area (Å²) < 4.78 is 10.7. The highest BCUT2D eigenvalue weighted by Gasteiger charge is 2.16. The van der Waals surface area contributed by atoms with Crippen molar-refractivity contribution in [2.75, 3.05) is 32.6 Å². The molecule has 0 aliphatic carbocycles. The van der Waals surface area contributed by atoms with Crippen LogP contribution in [-0.4, -0.2) is 45.0 Å². The molecule has 0 atom stereocenters. The van der Waals surface area contributed by atoms with E-state index >= 15 is 0 Å². The van der Waals surface area contributed by atoms with Crippen LogP contribution in [0.2, 0.25) is 0 Å². The van der Waals surface area contributed by atoms with E-state index in [4.69, 9.17) is 9.47 Å². The van der Waals surface area contributed by atoms with Crippen LogP contribution < -0.4 is 25.4 Å². The molecule has 0 aliphatic rings. The van der Waals surface area contributed by atoms with Gasteiger partial charge in [0.15, 0.2) is 18.1 Å². The molecule has 2 aromatic rings. The Hall–Kier alpha value is -3.55. The molecule has 0 saturated heterocycles. The van der Waals surface area contributed by atoms with Crippen molar-refractivity contribution in [3.63, 3.8) is 0 Å². The van der Waals surface area contributed by atoms with Gasteiger partial charge in [-0.2, -0.15) is 0 Å². The summed E-state index contributed by atoms with van der Waals surface area (Å²) in [5.74, 6) is 0.0181. The third-order valence-electron chi connectivity index (χ3n) is 4.15. The number of anilines is 1. The van der Waals surface area contributed by atoms with Gasteiger partial charge in [0.05, 0.1) is 18.4 Å². The fourth-order valence-corrected chi connectivity index (χ4v) is 2.52. The monoisotopic (exact) mass is 413 g/mol. The summed E-state index contributed by atoms with van der Waals surface area (Å²) in [5.41, 5.74) is 1.10. The predicted molar refractivity (Wildman–Crippen MR) is 114 cm³/mol. The highest BCUT2D eigenvalue weighted by atomic mass is 16.5. The number of carbonyl (C=O) groups is 3. The highest BCUT2D eigenvalue weighted by Crippen LogP contribution is 2.28. The number of likely N-dealkylation sites (N-methyl/N-ethyl adjacent to an activating group) is 1. The van der Waals surface area contributed by atoms with E-state index in [1.54, 1.807) is 36.4 Å². The van der Waals surface area contributed by atoms with Gasteiger partial charge in [0.25, 0.3) is 17.7 Å². The fourth-order valence-electron chi connectivity index (χ4n) is 2.52. The molecule has 0 heterocycles. The normalized spacial score (nSPS) is 10.3. The zero-order chi connectivity index (χ0) is 22.1. The number of rotatable bonds is 9. The second kappa shape index (κ2) is 10.8. The van der Waals surface area contributed by atoms with Crippen molar-refractivity contribution in [2.45, 2.75) is 13.8 Å². The molecule has 160 valence electrons. The van der Waals surface area contributed by atoms with Crippen LogP contribution in [0.3, 0.4) is 0 Å². The lowest BCUT2D eigenvalue weighted by molar-refractivity contribution is -0.122. The quantitative estimate of drug-likeness (QED) is 0.586. The SMILES string of the molecule is CNC(=O)COc1ccc(C(=O)Nc2ccccc2C(=O)NCC(C)C)cc1OC. The Morgan fingerprint density at radius 2 is 1.73 bits per heavy atom. The van der Waals surface area contributed by atoms with Gasteiger partial charge in [0.1, 0.15) is 0 Å². The molecule has 8 nitrogen and oxygen atoms in total. The van der Waals surface area contributed by atoms with E-state index in [0.29, 0.717) is 40.8 Å². The molecule has 2 rings (SSSR count). The summed E-state index contributed by atoms with van der Waals surface area (Å²) in [7, 11) is 2.95. The van der Waals surface area contributed by atoms with Crippen molar-refractivity contribution in [2.24, 2.45) is 5.92 Å². The lowest BCUT2D eigenvalue weighted by Crippen LogP contribution is -2.28. The zero-order valence-corrected chi connectivity index (χ0v) is 17.6. The van der Waals surface area contributed by atoms with E-state index in [1.807, 2.05) is 13.8 Å². The molecule has 30 heavy (non-hydrogen) atoms. The molecule has 0 radical (unpaired) electrons. The average molecular weight is 413 g/mol. The summed E-state index contributed by atoms with van der Waals surface area (Å²) in [4.78, 5) is 36.6. The van der Waals surface area contributed by atoms with Gasteiger partial charge >= 0.3 is 0 Å². The molecule has 0 unspecified atom stereocenters. The Morgan fingerprint density at radius 1 is 1.00 bits per heavy atom. The van der Waals surface area contributed by atoms with Crippen molar-refractivity contribution >= 4 is 23.4 Å². The third kappa shape index (κ3) is 6.23. The number of para-hydroxylation sites is 1. The number of methoxy groups -OCH3 is 1. The number of nitrogens with one attached hydrogen (secondary N) is 3. The third-order valence-corrected chi connectivity index (χ3v) is 4.15. The smallest absolute Gasteiger partial charge is 0.257 e. The molecular weight excluding hydrogens is 386 g/mol. The Morgan fingerprint density at radius 3 is 2.40 bits per heavy atom. The van der Waals surface area contributed by atoms with Crippen LogP contribution >= 0.6 is 0 Å². The van der Waals surface area contributed by atoms with Crippen LogP contribution in [0.25, 0.3) is 0 Å². The molecule has 3 amide bonds. The summed E-state index contributed by atoms with van der Waals surface area (Å²) in [6, 6.07) is 11.4. The second-order valence-electron chi connectivity index (χ2n) is 6.93. The summed E-state index contributed by atoms with van der Waals surface area (Å²) in [6.07, 6.45) is 0. The van der Waals surface area contributed by atoms with Crippen LogP contribution in [0.1, 0.15) is 34.6 Å². The fraction of sp³-hybridized carbons (Fsp3) is 0.318. The number of hydrogen-bond acceptors (Lipinski definition) is 5. The molecule has 0 saturated carbocycles. The maximum Gasteiger partial charge on any atom is 0.257 e. The topological polar surface area (TPSA) is 106 Å². The van der Waals surface area contributed by atoms with Crippen molar-refractivity contribution in [3.05, 3.63) is 53.6 Å². The molecule has 0 aromatic heterocycles. The molecule has 0 fully saturated rings. The van der Waals surface area contributed by atoms with Crippen LogP contribution in [-0.2, 0) is 4.79 Å². The van der Waals surface area contributed by atoms with Gasteiger partial charge in [-0.15, -0.1) is 0 Å².